The number of pyridine rings is 1. The first-order valence-corrected chi connectivity index (χ1v) is 5.05. The van der Waals surface area contributed by atoms with Gasteiger partial charge in [0.2, 0.25) is 0 Å². The summed E-state index contributed by atoms with van der Waals surface area (Å²) >= 11 is 0. The van der Waals surface area contributed by atoms with Gasteiger partial charge >= 0.3 is 6.18 Å². The first-order valence-electron chi connectivity index (χ1n) is 5.05. The first-order chi connectivity index (χ1) is 8.52. The molecule has 0 atom stereocenters. The zero-order chi connectivity index (χ0) is 13.2. The van der Waals surface area contributed by atoms with Crippen LogP contribution >= 0.6 is 0 Å². The van der Waals surface area contributed by atoms with Crippen molar-refractivity contribution in [2.24, 2.45) is 0 Å². The average Bonchev–Trinajstić information content (AvgIpc) is 2.38. The molecule has 1 aromatic heterocycles. The van der Waals surface area contributed by atoms with Crippen molar-refractivity contribution >= 4 is 0 Å². The largest absolute Gasteiger partial charge is 0.416 e. The number of aromatic nitrogens is 1. The van der Waals surface area contributed by atoms with Crippen molar-refractivity contribution in [1.29, 1.82) is 5.26 Å². The molecule has 0 aliphatic carbocycles. The van der Waals surface area contributed by atoms with Crippen LogP contribution in [0.4, 0.5) is 13.2 Å². The molecular formula is C13H7F3N2. The van der Waals surface area contributed by atoms with E-state index in [2.05, 4.69) is 4.98 Å². The summed E-state index contributed by atoms with van der Waals surface area (Å²) in [6.07, 6.45) is -2.96. The Morgan fingerprint density at radius 1 is 1.11 bits per heavy atom. The molecular weight excluding hydrogens is 241 g/mol. The van der Waals surface area contributed by atoms with Crippen LogP contribution in [0.5, 0.6) is 0 Å². The molecule has 0 aliphatic heterocycles. The monoisotopic (exact) mass is 248 g/mol. The molecule has 0 saturated carbocycles. The highest BCUT2D eigenvalue weighted by Crippen LogP contribution is 2.32. The maximum atomic E-state index is 12.6. The van der Waals surface area contributed by atoms with E-state index in [9.17, 15) is 13.2 Å². The summed E-state index contributed by atoms with van der Waals surface area (Å²) in [6, 6.07) is 9.76. The van der Waals surface area contributed by atoms with Gasteiger partial charge < -0.3 is 0 Å². The number of nitrogens with zero attached hydrogens (tertiary/aromatic N) is 2. The van der Waals surface area contributed by atoms with Crippen LogP contribution in [-0.4, -0.2) is 4.98 Å². The molecule has 0 fully saturated rings. The molecule has 2 nitrogen and oxygen atoms in total. The van der Waals surface area contributed by atoms with Crippen molar-refractivity contribution in [2.75, 3.05) is 0 Å². The second-order valence-electron chi connectivity index (χ2n) is 3.59. The Kier molecular flexibility index (Phi) is 3.02. The minimum absolute atomic E-state index is 0.247. The highest BCUT2D eigenvalue weighted by atomic mass is 19.4. The number of nitriles is 1. The summed E-state index contributed by atoms with van der Waals surface area (Å²) in [6.45, 7) is 0. The van der Waals surface area contributed by atoms with Gasteiger partial charge in [0.25, 0.3) is 0 Å². The molecule has 1 aromatic carbocycles. The topological polar surface area (TPSA) is 36.7 Å². The quantitative estimate of drug-likeness (QED) is 0.772. The van der Waals surface area contributed by atoms with E-state index in [4.69, 9.17) is 5.26 Å². The van der Waals surface area contributed by atoms with Crippen molar-refractivity contribution in [2.45, 2.75) is 6.18 Å². The third kappa shape index (κ3) is 2.33. The van der Waals surface area contributed by atoms with Crippen LogP contribution < -0.4 is 0 Å². The van der Waals surface area contributed by atoms with Gasteiger partial charge in [-0.2, -0.15) is 18.4 Å². The fourth-order valence-electron chi connectivity index (χ4n) is 1.57. The summed E-state index contributed by atoms with van der Waals surface area (Å²) in [4.78, 5) is 3.95. The van der Waals surface area contributed by atoms with E-state index >= 15 is 0 Å². The normalized spacial score (nSPS) is 11.0. The Morgan fingerprint density at radius 3 is 2.56 bits per heavy atom. The third-order valence-electron chi connectivity index (χ3n) is 2.39. The van der Waals surface area contributed by atoms with Crippen LogP contribution in [0.1, 0.15) is 11.1 Å². The Morgan fingerprint density at radius 2 is 1.89 bits per heavy atom. The van der Waals surface area contributed by atoms with Crippen molar-refractivity contribution in [3.8, 4) is 17.3 Å². The molecule has 18 heavy (non-hydrogen) atoms. The molecule has 90 valence electrons. The molecule has 1 heterocycles. The summed E-state index contributed by atoms with van der Waals surface area (Å²) in [5.41, 5.74) is 0.0273. The Labute approximate surface area is 101 Å². The lowest BCUT2D eigenvalue weighted by Crippen LogP contribution is -2.04. The fraction of sp³-hybridized carbons (Fsp3) is 0.0769. The van der Waals surface area contributed by atoms with E-state index in [1.807, 2.05) is 6.07 Å². The number of halogens is 3. The van der Waals surface area contributed by atoms with Crippen molar-refractivity contribution in [1.82, 2.24) is 4.98 Å². The van der Waals surface area contributed by atoms with Crippen LogP contribution in [0.2, 0.25) is 0 Å². The van der Waals surface area contributed by atoms with Crippen LogP contribution in [0, 0.1) is 11.3 Å². The van der Waals surface area contributed by atoms with E-state index in [0.29, 0.717) is 0 Å². The SMILES string of the molecule is N#Cc1cccnc1-c1cccc(C(F)(F)F)c1. The van der Waals surface area contributed by atoms with Crippen LogP contribution in [0.15, 0.2) is 42.6 Å². The van der Waals surface area contributed by atoms with Crippen molar-refractivity contribution in [3.63, 3.8) is 0 Å². The van der Waals surface area contributed by atoms with E-state index in [1.54, 1.807) is 6.07 Å². The maximum Gasteiger partial charge on any atom is 0.416 e. The number of hydrogen-bond donors (Lipinski definition) is 0. The van der Waals surface area contributed by atoms with E-state index < -0.39 is 11.7 Å². The lowest BCUT2D eigenvalue weighted by atomic mass is 10.0. The highest BCUT2D eigenvalue weighted by molar-refractivity contribution is 5.66. The molecule has 0 unspecified atom stereocenters. The second kappa shape index (κ2) is 4.49. The van der Waals surface area contributed by atoms with Gasteiger partial charge in [-0.15, -0.1) is 0 Å². The predicted molar refractivity (Wildman–Crippen MR) is 59.4 cm³/mol. The number of alkyl halides is 3. The van der Waals surface area contributed by atoms with Crippen LogP contribution in [0.3, 0.4) is 0 Å². The molecule has 0 N–H and O–H groups in total. The van der Waals surface area contributed by atoms with Crippen LogP contribution in [0.25, 0.3) is 11.3 Å². The van der Waals surface area contributed by atoms with Gasteiger partial charge in [0.1, 0.15) is 6.07 Å². The molecule has 0 amide bonds. The third-order valence-corrected chi connectivity index (χ3v) is 2.39. The van der Waals surface area contributed by atoms with Gasteiger partial charge in [0.15, 0.2) is 0 Å². The second-order valence-corrected chi connectivity index (χ2v) is 3.59. The van der Waals surface area contributed by atoms with Gasteiger partial charge in [-0.05, 0) is 24.3 Å². The van der Waals surface area contributed by atoms with E-state index in [-0.39, 0.29) is 16.8 Å². The van der Waals surface area contributed by atoms with Crippen molar-refractivity contribution < 1.29 is 13.2 Å². The average molecular weight is 248 g/mol. The highest BCUT2D eigenvalue weighted by Gasteiger charge is 2.30. The minimum atomic E-state index is -4.41. The summed E-state index contributed by atoms with van der Waals surface area (Å²) in [5, 5.41) is 8.90. The first kappa shape index (κ1) is 12.1. The smallest absolute Gasteiger partial charge is 0.255 e. The molecule has 0 spiro atoms. The predicted octanol–water partition coefficient (Wildman–Crippen LogP) is 3.64. The number of hydrogen-bond acceptors (Lipinski definition) is 2. The van der Waals surface area contributed by atoms with Gasteiger partial charge in [-0.1, -0.05) is 12.1 Å². The summed E-state index contributed by atoms with van der Waals surface area (Å²) in [7, 11) is 0. The molecule has 2 aromatic rings. The molecule has 0 radical (unpaired) electrons. The lowest BCUT2D eigenvalue weighted by molar-refractivity contribution is -0.137. The van der Waals surface area contributed by atoms with Gasteiger partial charge in [0.05, 0.1) is 16.8 Å². The van der Waals surface area contributed by atoms with E-state index in [0.717, 1.165) is 12.1 Å². The van der Waals surface area contributed by atoms with Gasteiger partial charge in [-0.3, -0.25) is 4.98 Å². The summed E-state index contributed by atoms with van der Waals surface area (Å²) in [5.74, 6) is 0. The fourth-order valence-corrected chi connectivity index (χ4v) is 1.57. The standard InChI is InChI=1S/C13H7F3N2/c14-13(15,16)11-5-1-3-9(7-11)12-10(8-17)4-2-6-18-12/h1-7H. The Balaban J connectivity index is 2.56. The molecule has 0 aliphatic rings. The van der Waals surface area contributed by atoms with Crippen molar-refractivity contribution in [3.05, 3.63) is 53.7 Å². The molecule has 0 saturated heterocycles. The summed E-state index contributed by atoms with van der Waals surface area (Å²) < 4.78 is 37.7. The molecule has 0 bridgehead atoms. The number of benzene rings is 1. The van der Waals surface area contributed by atoms with E-state index in [1.165, 1.54) is 24.4 Å². The number of rotatable bonds is 1. The zero-order valence-electron chi connectivity index (χ0n) is 9.07. The zero-order valence-corrected chi connectivity index (χ0v) is 9.07. The van der Waals surface area contributed by atoms with Gasteiger partial charge in [0, 0.05) is 11.8 Å². The Hall–Kier alpha value is -2.35. The van der Waals surface area contributed by atoms with Crippen LogP contribution in [-0.2, 0) is 6.18 Å². The lowest BCUT2D eigenvalue weighted by Gasteiger charge is -2.08. The van der Waals surface area contributed by atoms with Gasteiger partial charge in [-0.25, -0.2) is 0 Å². The Bertz CT molecular complexity index is 612. The molecule has 2 rings (SSSR count). The minimum Gasteiger partial charge on any atom is -0.255 e. The molecule has 5 heteroatoms. The maximum absolute atomic E-state index is 12.6.